The second-order valence-corrected chi connectivity index (χ2v) is 6.59. The van der Waals surface area contributed by atoms with E-state index in [9.17, 15) is 9.59 Å². The predicted octanol–water partition coefficient (Wildman–Crippen LogP) is 3.32. The van der Waals surface area contributed by atoms with E-state index in [4.69, 9.17) is 12.3 Å². The highest BCUT2D eigenvalue weighted by Crippen LogP contribution is 2.25. The summed E-state index contributed by atoms with van der Waals surface area (Å²) in [6.07, 6.45) is 4.78. The minimum atomic E-state index is -0.547. The molecule has 0 saturated carbocycles. The van der Waals surface area contributed by atoms with Crippen molar-refractivity contribution >= 4 is 28.7 Å². The van der Waals surface area contributed by atoms with E-state index >= 15 is 0 Å². The minimum Gasteiger partial charge on any atom is -0.366 e. The number of nitrogens with two attached hydrogens (primary N) is 1. The van der Waals surface area contributed by atoms with Crippen LogP contribution >= 0.6 is 0 Å². The molecule has 30 heavy (non-hydrogen) atoms. The highest BCUT2D eigenvalue weighted by atomic mass is 16.2. The summed E-state index contributed by atoms with van der Waals surface area (Å²) in [7, 11) is 1.68. The van der Waals surface area contributed by atoms with Gasteiger partial charge in [0.25, 0.3) is 5.91 Å². The van der Waals surface area contributed by atoms with E-state index in [0.29, 0.717) is 33.7 Å². The van der Waals surface area contributed by atoms with E-state index in [1.54, 1.807) is 72.5 Å². The molecule has 1 aromatic carbocycles. The number of hydrogen-bond donors (Lipinski definition) is 1. The van der Waals surface area contributed by atoms with Crippen LogP contribution in [-0.2, 0) is 0 Å². The Hall–Kier alpha value is -4.51. The van der Waals surface area contributed by atoms with Crippen LogP contribution in [0.25, 0.3) is 21.6 Å². The molecule has 0 aliphatic rings. The molecule has 146 valence electrons. The van der Waals surface area contributed by atoms with E-state index in [-0.39, 0.29) is 5.91 Å². The van der Waals surface area contributed by atoms with Gasteiger partial charge in [-0.25, -0.2) is 9.36 Å². The smallest absolute Gasteiger partial charge is 0.258 e. The fourth-order valence-corrected chi connectivity index (χ4v) is 3.07. The molecule has 4 rings (SSSR count). The zero-order chi connectivity index (χ0) is 21.3. The second kappa shape index (κ2) is 7.48. The van der Waals surface area contributed by atoms with Crippen LogP contribution in [0.3, 0.4) is 0 Å². The SMILES string of the molecule is [C-]#[N+]c1ccc(N(C)C(=O)c2ccn3ncc(-c4ccc(C(N)=O)cn4)c3c2)cc1. The lowest BCUT2D eigenvalue weighted by Crippen LogP contribution is -2.26. The standard InChI is InChI=1S/C22H16N6O2/c1-24-16-4-6-17(7-5-16)27(2)22(30)14-9-10-28-20(11-14)18(13-26-28)19-8-3-15(12-25-19)21(23)29/h3-13H,2H3,(H2,23,29). The topological polar surface area (TPSA) is 98.0 Å². The first-order valence-corrected chi connectivity index (χ1v) is 8.97. The van der Waals surface area contributed by atoms with Crippen LogP contribution in [0, 0.1) is 6.57 Å². The quantitative estimate of drug-likeness (QED) is 0.535. The Balaban J connectivity index is 1.68. The van der Waals surface area contributed by atoms with Gasteiger partial charge in [0.2, 0.25) is 5.91 Å². The zero-order valence-corrected chi connectivity index (χ0v) is 16.0. The van der Waals surface area contributed by atoms with Crippen LogP contribution in [0.1, 0.15) is 20.7 Å². The Bertz CT molecular complexity index is 1300. The fourth-order valence-electron chi connectivity index (χ4n) is 3.07. The van der Waals surface area contributed by atoms with Crippen molar-refractivity contribution in [1.82, 2.24) is 14.6 Å². The second-order valence-electron chi connectivity index (χ2n) is 6.59. The average Bonchev–Trinajstić information content (AvgIpc) is 3.21. The van der Waals surface area contributed by atoms with E-state index in [1.165, 1.54) is 11.1 Å². The summed E-state index contributed by atoms with van der Waals surface area (Å²) in [6, 6.07) is 13.5. The highest BCUT2D eigenvalue weighted by Gasteiger charge is 2.16. The molecule has 0 unspecified atom stereocenters. The number of pyridine rings is 2. The molecule has 0 aliphatic heterocycles. The molecule has 3 aromatic heterocycles. The maximum absolute atomic E-state index is 13.0. The number of anilines is 1. The number of rotatable bonds is 4. The molecule has 0 aliphatic carbocycles. The summed E-state index contributed by atoms with van der Waals surface area (Å²) in [6.45, 7) is 7.03. The van der Waals surface area contributed by atoms with Gasteiger partial charge in [-0.3, -0.25) is 14.6 Å². The molecule has 0 saturated heterocycles. The summed E-state index contributed by atoms with van der Waals surface area (Å²) < 4.78 is 1.65. The number of primary amides is 1. The molecule has 4 aromatic rings. The lowest BCUT2D eigenvalue weighted by atomic mass is 10.1. The van der Waals surface area contributed by atoms with E-state index in [1.807, 2.05) is 0 Å². The van der Waals surface area contributed by atoms with Crippen molar-refractivity contribution in [2.24, 2.45) is 5.73 Å². The number of carbonyl (C=O) groups is 2. The number of amides is 2. The van der Waals surface area contributed by atoms with Crippen molar-refractivity contribution in [2.45, 2.75) is 0 Å². The van der Waals surface area contributed by atoms with Crippen molar-refractivity contribution in [1.29, 1.82) is 0 Å². The lowest BCUT2D eigenvalue weighted by molar-refractivity contribution is 0.0987. The van der Waals surface area contributed by atoms with Gasteiger partial charge < -0.3 is 10.6 Å². The Labute approximate surface area is 172 Å². The summed E-state index contributed by atoms with van der Waals surface area (Å²) in [5, 5.41) is 4.31. The van der Waals surface area contributed by atoms with Gasteiger partial charge in [0.05, 0.1) is 29.5 Å². The third-order valence-corrected chi connectivity index (χ3v) is 4.76. The van der Waals surface area contributed by atoms with Gasteiger partial charge in [-0.15, -0.1) is 0 Å². The van der Waals surface area contributed by atoms with Gasteiger partial charge in [-0.05, 0) is 36.4 Å². The Kier molecular flexibility index (Phi) is 4.70. The monoisotopic (exact) mass is 396 g/mol. The normalized spacial score (nSPS) is 10.5. The first kappa shape index (κ1) is 18.8. The lowest BCUT2D eigenvalue weighted by Gasteiger charge is -2.17. The maximum atomic E-state index is 13.0. The highest BCUT2D eigenvalue weighted by molar-refractivity contribution is 6.06. The minimum absolute atomic E-state index is 0.197. The number of fused-ring (bicyclic) bond motifs is 1. The molecule has 0 bridgehead atoms. The maximum Gasteiger partial charge on any atom is 0.258 e. The number of nitrogens with zero attached hydrogens (tertiary/aromatic N) is 5. The van der Waals surface area contributed by atoms with E-state index in [2.05, 4.69) is 14.9 Å². The first-order chi connectivity index (χ1) is 14.5. The molecule has 0 fully saturated rings. The average molecular weight is 396 g/mol. The number of carbonyl (C=O) groups excluding carboxylic acids is 2. The molecule has 2 amide bonds. The largest absolute Gasteiger partial charge is 0.366 e. The van der Waals surface area contributed by atoms with Gasteiger partial charge in [0.15, 0.2) is 5.69 Å². The summed E-state index contributed by atoms with van der Waals surface area (Å²) in [5.41, 5.74) is 9.31. The molecule has 8 nitrogen and oxygen atoms in total. The van der Waals surface area contributed by atoms with Crippen molar-refractivity contribution in [3.8, 4) is 11.3 Å². The van der Waals surface area contributed by atoms with Gasteiger partial charge >= 0.3 is 0 Å². The van der Waals surface area contributed by atoms with Gasteiger partial charge in [-0.1, -0.05) is 12.1 Å². The van der Waals surface area contributed by atoms with Crippen LogP contribution < -0.4 is 10.6 Å². The zero-order valence-electron chi connectivity index (χ0n) is 16.0. The first-order valence-electron chi connectivity index (χ1n) is 8.97. The van der Waals surface area contributed by atoms with Crippen LogP contribution in [-0.4, -0.2) is 33.5 Å². The molecule has 0 radical (unpaired) electrons. The molecular formula is C22H16N6O2. The van der Waals surface area contributed by atoms with Crippen molar-refractivity contribution < 1.29 is 9.59 Å². The number of benzene rings is 1. The van der Waals surface area contributed by atoms with Crippen LogP contribution in [0.15, 0.2) is 67.1 Å². The summed E-state index contributed by atoms with van der Waals surface area (Å²) in [4.78, 5) is 33.4. The van der Waals surface area contributed by atoms with Gasteiger partial charge in [-0.2, -0.15) is 5.10 Å². The van der Waals surface area contributed by atoms with Crippen LogP contribution in [0.2, 0.25) is 0 Å². The van der Waals surface area contributed by atoms with Crippen LogP contribution in [0.4, 0.5) is 11.4 Å². The molecule has 8 heteroatoms. The van der Waals surface area contributed by atoms with Crippen molar-refractivity contribution in [3.05, 3.63) is 89.7 Å². The molecule has 0 atom stereocenters. The Morgan fingerprint density at radius 3 is 2.47 bits per heavy atom. The fraction of sp³-hybridized carbons (Fsp3) is 0.0455. The number of aromatic nitrogens is 3. The predicted molar refractivity (Wildman–Crippen MR) is 112 cm³/mol. The number of hydrogen-bond acceptors (Lipinski definition) is 4. The molecule has 3 heterocycles. The Morgan fingerprint density at radius 1 is 1.07 bits per heavy atom. The van der Waals surface area contributed by atoms with Gasteiger partial charge in [0.1, 0.15) is 0 Å². The van der Waals surface area contributed by atoms with E-state index in [0.717, 1.165) is 5.56 Å². The summed E-state index contributed by atoms with van der Waals surface area (Å²) in [5.74, 6) is -0.744. The molecule has 2 N–H and O–H groups in total. The van der Waals surface area contributed by atoms with Crippen molar-refractivity contribution in [2.75, 3.05) is 11.9 Å². The van der Waals surface area contributed by atoms with Crippen molar-refractivity contribution in [3.63, 3.8) is 0 Å². The van der Waals surface area contributed by atoms with E-state index < -0.39 is 5.91 Å². The van der Waals surface area contributed by atoms with Gasteiger partial charge in [0, 0.05) is 36.3 Å². The third kappa shape index (κ3) is 3.36. The third-order valence-electron chi connectivity index (χ3n) is 4.76. The summed E-state index contributed by atoms with van der Waals surface area (Å²) >= 11 is 0. The van der Waals surface area contributed by atoms with Crippen LogP contribution in [0.5, 0.6) is 0 Å². The molecular weight excluding hydrogens is 380 g/mol. The Morgan fingerprint density at radius 2 is 1.83 bits per heavy atom. The molecule has 0 spiro atoms.